The number of benzene rings is 1. The van der Waals surface area contributed by atoms with Gasteiger partial charge in [-0.1, -0.05) is 22.0 Å². The third kappa shape index (κ3) is 1.66. The molecule has 3 aromatic rings. The van der Waals surface area contributed by atoms with Crippen molar-refractivity contribution in [1.29, 1.82) is 5.41 Å². The molecule has 3 rings (SSSR count). The maximum absolute atomic E-state index is 8.10. The number of nitrogens with zero attached hydrogens (tertiary/aromatic N) is 3. The third-order valence-corrected chi connectivity index (χ3v) is 2.97. The van der Waals surface area contributed by atoms with E-state index in [0.717, 1.165) is 10.2 Å². The molecule has 0 fully saturated rings. The molecule has 0 saturated heterocycles. The number of hydrogen-bond acceptors (Lipinski definition) is 3. The number of imidazole rings is 1. The second-order valence-corrected chi connectivity index (χ2v) is 4.46. The fourth-order valence-electron chi connectivity index (χ4n) is 1.67. The predicted molar refractivity (Wildman–Crippen MR) is 66.8 cm³/mol. The topological polar surface area (TPSA) is 70.3 Å². The van der Waals surface area contributed by atoms with Crippen LogP contribution in [0.3, 0.4) is 0 Å². The highest BCUT2D eigenvalue weighted by molar-refractivity contribution is 9.10. The lowest BCUT2D eigenvalue weighted by atomic mass is 10.3. The average Bonchev–Trinajstić information content (AvgIpc) is 2.78. The van der Waals surface area contributed by atoms with Crippen molar-refractivity contribution in [2.75, 3.05) is 0 Å². The van der Waals surface area contributed by atoms with E-state index in [-0.39, 0.29) is 0 Å². The molecule has 0 aliphatic carbocycles. The Morgan fingerprint density at radius 1 is 1.29 bits per heavy atom. The van der Waals surface area contributed by atoms with E-state index in [1.54, 1.807) is 17.2 Å². The summed E-state index contributed by atoms with van der Waals surface area (Å²) in [5, 5.41) is 8.10. The molecule has 0 atom stereocenters. The molecule has 2 aromatic heterocycles. The van der Waals surface area contributed by atoms with Gasteiger partial charge in [0.1, 0.15) is 11.8 Å². The Hall–Kier alpha value is -1.95. The van der Waals surface area contributed by atoms with Gasteiger partial charge in [0.2, 0.25) is 0 Å². The predicted octanol–water partition coefficient (Wildman–Crippen LogP) is 1.99. The van der Waals surface area contributed by atoms with Crippen molar-refractivity contribution in [3.05, 3.63) is 46.9 Å². The van der Waals surface area contributed by atoms with E-state index in [9.17, 15) is 0 Å². The van der Waals surface area contributed by atoms with E-state index in [2.05, 4.69) is 30.9 Å². The summed E-state index contributed by atoms with van der Waals surface area (Å²) >= 11 is 3.41. The monoisotopic (exact) mass is 289 g/mol. The highest BCUT2D eigenvalue weighted by Gasteiger charge is 2.04. The van der Waals surface area contributed by atoms with Crippen molar-refractivity contribution in [3.8, 4) is 5.69 Å². The minimum atomic E-state index is 0.339. The summed E-state index contributed by atoms with van der Waals surface area (Å²) in [6.45, 7) is 0. The summed E-state index contributed by atoms with van der Waals surface area (Å²) in [5.74, 6) is 0. The fraction of sp³-hybridized carbons (Fsp3) is 0. The molecule has 0 aliphatic rings. The Morgan fingerprint density at radius 3 is 3.00 bits per heavy atom. The van der Waals surface area contributed by atoms with Crippen molar-refractivity contribution in [1.82, 2.24) is 19.5 Å². The third-order valence-electron chi connectivity index (χ3n) is 2.48. The standard InChI is InChI=1S/C11H8BrN5/c12-7-2-1-3-8(4-7)17-6-16-11-9(10(17)13)14-5-15-11/h1-6,13H,(H,14,15). The van der Waals surface area contributed by atoms with Crippen LogP contribution in [0.25, 0.3) is 16.9 Å². The zero-order valence-electron chi connectivity index (χ0n) is 8.68. The number of halogens is 1. The lowest BCUT2D eigenvalue weighted by molar-refractivity contribution is 0.904. The van der Waals surface area contributed by atoms with Crippen LogP contribution in [0, 0.1) is 5.41 Å². The Morgan fingerprint density at radius 2 is 2.18 bits per heavy atom. The highest BCUT2D eigenvalue weighted by atomic mass is 79.9. The van der Waals surface area contributed by atoms with Gasteiger partial charge >= 0.3 is 0 Å². The molecule has 6 heteroatoms. The molecule has 0 unspecified atom stereocenters. The SMILES string of the molecule is N=c1c2[nH]cnc2ncn1-c1cccc(Br)c1. The van der Waals surface area contributed by atoms with Crippen molar-refractivity contribution >= 4 is 27.1 Å². The van der Waals surface area contributed by atoms with Gasteiger partial charge < -0.3 is 4.98 Å². The summed E-state index contributed by atoms with van der Waals surface area (Å²) < 4.78 is 2.66. The van der Waals surface area contributed by atoms with E-state index in [0.29, 0.717) is 16.7 Å². The Balaban J connectivity index is 2.31. The van der Waals surface area contributed by atoms with Crippen LogP contribution in [0.5, 0.6) is 0 Å². The van der Waals surface area contributed by atoms with Crippen LogP contribution in [0.1, 0.15) is 0 Å². The highest BCUT2D eigenvalue weighted by Crippen LogP contribution is 2.14. The van der Waals surface area contributed by atoms with Crippen LogP contribution >= 0.6 is 15.9 Å². The van der Waals surface area contributed by atoms with Gasteiger partial charge in [0.15, 0.2) is 11.1 Å². The van der Waals surface area contributed by atoms with E-state index >= 15 is 0 Å². The van der Waals surface area contributed by atoms with E-state index in [4.69, 9.17) is 5.41 Å². The largest absolute Gasteiger partial charge is 0.340 e. The summed E-state index contributed by atoms with van der Waals surface area (Å²) in [5.41, 5.74) is 2.41. The molecule has 0 saturated carbocycles. The van der Waals surface area contributed by atoms with Crippen LogP contribution in [0.2, 0.25) is 0 Å². The zero-order chi connectivity index (χ0) is 11.8. The van der Waals surface area contributed by atoms with Crippen molar-refractivity contribution < 1.29 is 0 Å². The molecule has 2 N–H and O–H groups in total. The zero-order valence-corrected chi connectivity index (χ0v) is 10.3. The summed E-state index contributed by atoms with van der Waals surface area (Å²) in [6.07, 6.45) is 3.15. The van der Waals surface area contributed by atoms with Crippen LogP contribution in [0.15, 0.2) is 41.4 Å². The smallest absolute Gasteiger partial charge is 0.182 e. The lowest BCUT2D eigenvalue weighted by Gasteiger charge is -2.06. The fourth-order valence-corrected chi connectivity index (χ4v) is 2.06. The Labute approximate surface area is 105 Å². The van der Waals surface area contributed by atoms with Gasteiger partial charge in [-0.2, -0.15) is 0 Å². The molecule has 0 aliphatic heterocycles. The number of aromatic nitrogens is 4. The van der Waals surface area contributed by atoms with Gasteiger partial charge in [-0.3, -0.25) is 9.98 Å². The first-order chi connectivity index (χ1) is 8.25. The maximum atomic E-state index is 8.10. The van der Waals surface area contributed by atoms with Gasteiger partial charge in [-0.15, -0.1) is 0 Å². The molecule has 5 nitrogen and oxygen atoms in total. The van der Waals surface area contributed by atoms with Crippen molar-refractivity contribution in [3.63, 3.8) is 0 Å². The molecule has 2 heterocycles. The molecule has 84 valence electrons. The molecular weight excluding hydrogens is 282 g/mol. The molecule has 0 amide bonds. The van der Waals surface area contributed by atoms with Gasteiger partial charge in [0, 0.05) is 10.2 Å². The van der Waals surface area contributed by atoms with Crippen molar-refractivity contribution in [2.45, 2.75) is 0 Å². The minimum absolute atomic E-state index is 0.339. The molecule has 0 radical (unpaired) electrons. The van der Waals surface area contributed by atoms with Gasteiger partial charge in [0.25, 0.3) is 0 Å². The quantitative estimate of drug-likeness (QED) is 0.719. The summed E-state index contributed by atoms with van der Waals surface area (Å²) in [7, 11) is 0. The summed E-state index contributed by atoms with van der Waals surface area (Å²) in [4.78, 5) is 11.1. The first-order valence-electron chi connectivity index (χ1n) is 4.97. The van der Waals surface area contributed by atoms with Gasteiger partial charge in [-0.25, -0.2) is 9.97 Å². The second-order valence-electron chi connectivity index (χ2n) is 3.54. The van der Waals surface area contributed by atoms with Gasteiger partial charge in [0.05, 0.1) is 6.33 Å². The average molecular weight is 290 g/mol. The normalized spacial score (nSPS) is 10.9. The number of hydrogen-bond donors (Lipinski definition) is 2. The first-order valence-corrected chi connectivity index (χ1v) is 5.76. The van der Waals surface area contributed by atoms with E-state index in [1.165, 1.54) is 0 Å². The van der Waals surface area contributed by atoms with Crippen LogP contribution < -0.4 is 5.49 Å². The molecule has 0 bridgehead atoms. The lowest BCUT2D eigenvalue weighted by Crippen LogP contribution is -2.19. The van der Waals surface area contributed by atoms with Crippen LogP contribution in [-0.2, 0) is 0 Å². The molecule has 0 spiro atoms. The van der Waals surface area contributed by atoms with Crippen LogP contribution in [0.4, 0.5) is 0 Å². The van der Waals surface area contributed by atoms with E-state index in [1.807, 2.05) is 24.3 Å². The minimum Gasteiger partial charge on any atom is -0.340 e. The van der Waals surface area contributed by atoms with E-state index < -0.39 is 0 Å². The van der Waals surface area contributed by atoms with Gasteiger partial charge in [-0.05, 0) is 18.2 Å². The molecule has 17 heavy (non-hydrogen) atoms. The molecule has 1 aromatic carbocycles. The Bertz CT molecular complexity index is 743. The number of H-pyrrole nitrogens is 1. The van der Waals surface area contributed by atoms with Crippen LogP contribution in [-0.4, -0.2) is 19.5 Å². The summed E-state index contributed by atoms with van der Waals surface area (Å²) in [6, 6.07) is 7.72. The number of fused-ring (bicyclic) bond motifs is 1. The number of aromatic amines is 1. The number of rotatable bonds is 1. The van der Waals surface area contributed by atoms with Crippen molar-refractivity contribution in [2.24, 2.45) is 0 Å². The maximum Gasteiger partial charge on any atom is 0.182 e. The first kappa shape index (κ1) is 10.2. The number of nitrogens with one attached hydrogen (secondary N) is 2. The second kappa shape index (κ2) is 3.81. The Kier molecular flexibility index (Phi) is 2.29. The molecular formula is C11H8BrN5.